The van der Waals surface area contributed by atoms with Crippen LogP contribution >= 0.6 is 22.9 Å². The van der Waals surface area contributed by atoms with Gasteiger partial charge in [0.2, 0.25) is 0 Å². The first kappa shape index (κ1) is 21.9. The van der Waals surface area contributed by atoms with Gasteiger partial charge in [0.05, 0.1) is 24.8 Å². The molecule has 0 saturated carbocycles. The van der Waals surface area contributed by atoms with E-state index in [0.29, 0.717) is 27.9 Å². The van der Waals surface area contributed by atoms with E-state index in [1.54, 1.807) is 25.1 Å². The Balaban J connectivity index is 1.78. The van der Waals surface area contributed by atoms with Crippen molar-refractivity contribution < 1.29 is 22.7 Å². The number of aromatic nitrogens is 1. The standard InChI is InChI=1S/C19H18ClN3O5S2/c1-11-17(18(24)22-13-6-9-15(27-2)16(10-13)28-3)29-19(21-11)23-30(25,26)14-7-4-12(20)5-8-14/h4-10H,1-3H3,(H,21,23)(H,22,24). The number of nitrogens with zero attached hydrogens (tertiary/aromatic N) is 1. The molecule has 0 bridgehead atoms. The molecule has 0 radical (unpaired) electrons. The monoisotopic (exact) mass is 467 g/mol. The number of methoxy groups -OCH3 is 2. The number of sulfonamides is 1. The molecule has 11 heteroatoms. The molecular weight excluding hydrogens is 450 g/mol. The van der Waals surface area contributed by atoms with E-state index in [1.165, 1.54) is 38.5 Å². The molecule has 3 rings (SSSR count). The van der Waals surface area contributed by atoms with Crippen molar-refractivity contribution in [3.8, 4) is 11.5 Å². The number of amides is 1. The second-order valence-corrected chi connectivity index (χ2v) is 9.13. The summed E-state index contributed by atoms with van der Waals surface area (Å²) in [6.45, 7) is 1.63. The lowest BCUT2D eigenvalue weighted by atomic mass is 10.2. The van der Waals surface area contributed by atoms with Gasteiger partial charge in [-0.2, -0.15) is 0 Å². The second-order valence-electron chi connectivity index (χ2n) is 6.02. The van der Waals surface area contributed by atoms with Crippen molar-refractivity contribution in [2.24, 2.45) is 0 Å². The summed E-state index contributed by atoms with van der Waals surface area (Å²) in [7, 11) is -0.845. The third kappa shape index (κ3) is 4.84. The van der Waals surface area contributed by atoms with Crippen molar-refractivity contribution in [2.75, 3.05) is 24.3 Å². The van der Waals surface area contributed by atoms with E-state index in [4.69, 9.17) is 21.1 Å². The highest BCUT2D eigenvalue weighted by Gasteiger charge is 2.21. The van der Waals surface area contributed by atoms with Gasteiger partial charge < -0.3 is 14.8 Å². The first-order valence-corrected chi connectivity index (χ1v) is 11.2. The number of halogens is 1. The van der Waals surface area contributed by atoms with Gasteiger partial charge >= 0.3 is 0 Å². The molecule has 2 aromatic carbocycles. The zero-order valence-electron chi connectivity index (χ0n) is 16.2. The van der Waals surface area contributed by atoms with E-state index in [1.807, 2.05) is 0 Å². The van der Waals surface area contributed by atoms with Crippen LogP contribution in [-0.4, -0.2) is 33.5 Å². The summed E-state index contributed by atoms with van der Waals surface area (Å²) in [5.41, 5.74) is 0.889. The predicted octanol–water partition coefficient (Wildman–Crippen LogP) is 4.18. The van der Waals surface area contributed by atoms with Crippen LogP contribution in [0.25, 0.3) is 0 Å². The number of aryl methyl sites for hydroxylation is 1. The van der Waals surface area contributed by atoms with E-state index < -0.39 is 15.9 Å². The Morgan fingerprint density at radius 2 is 1.73 bits per heavy atom. The summed E-state index contributed by atoms with van der Waals surface area (Å²) in [6.07, 6.45) is 0. The van der Waals surface area contributed by atoms with Gasteiger partial charge in [0, 0.05) is 16.8 Å². The first-order valence-electron chi connectivity index (χ1n) is 8.52. The zero-order chi connectivity index (χ0) is 21.9. The van der Waals surface area contributed by atoms with Crippen LogP contribution < -0.4 is 19.5 Å². The average molecular weight is 468 g/mol. The van der Waals surface area contributed by atoms with Crippen LogP contribution in [0.5, 0.6) is 11.5 Å². The molecule has 8 nitrogen and oxygen atoms in total. The predicted molar refractivity (Wildman–Crippen MR) is 117 cm³/mol. The Kier molecular flexibility index (Phi) is 6.49. The maximum Gasteiger partial charge on any atom is 0.267 e. The number of thiazole rings is 1. The van der Waals surface area contributed by atoms with E-state index in [2.05, 4.69) is 15.0 Å². The van der Waals surface area contributed by atoms with Crippen molar-refractivity contribution in [3.05, 3.63) is 58.1 Å². The molecule has 0 unspecified atom stereocenters. The van der Waals surface area contributed by atoms with Crippen molar-refractivity contribution >= 4 is 49.7 Å². The van der Waals surface area contributed by atoms with Gasteiger partial charge in [-0.15, -0.1) is 0 Å². The SMILES string of the molecule is COc1ccc(NC(=O)c2sc(NS(=O)(=O)c3ccc(Cl)cc3)nc2C)cc1OC. The fraction of sp³-hybridized carbons (Fsp3) is 0.158. The number of benzene rings is 2. The lowest BCUT2D eigenvalue weighted by Gasteiger charge is -2.10. The second kappa shape index (κ2) is 8.90. The molecule has 0 saturated heterocycles. The van der Waals surface area contributed by atoms with E-state index in [0.717, 1.165) is 11.3 Å². The lowest BCUT2D eigenvalue weighted by molar-refractivity contribution is 0.102. The molecule has 0 aliphatic heterocycles. The van der Waals surface area contributed by atoms with Gasteiger partial charge in [0.1, 0.15) is 4.88 Å². The van der Waals surface area contributed by atoms with E-state index in [9.17, 15) is 13.2 Å². The van der Waals surface area contributed by atoms with E-state index >= 15 is 0 Å². The van der Waals surface area contributed by atoms with Crippen LogP contribution in [0.1, 0.15) is 15.4 Å². The molecule has 2 N–H and O–H groups in total. The van der Waals surface area contributed by atoms with Crippen LogP contribution in [0.4, 0.5) is 10.8 Å². The van der Waals surface area contributed by atoms with Gasteiger partial charge in [-0.05, 0) is 43.3 Å². The van der Waals surface area contributed by atoms with Gasteiger partial charge in [-0.25, -0.2) is 13.4 Å². The maximum atomic E-state index is 12.7. The summed E-state index contributed by atoms with van der Waals surface area (Å²) in [5.74, 6) is 0.574. The molecule has 1 aromatic heterocycles. The first-order chi connectivity index (χ1) is 14.2. The minimum atomic E-state index is -3.86. The molecule has 1 amide bonds. The van der Waals surface area contributed by atoms with Crippen LogP contribution in [0.15, 0.2) is 47.4 Å². The molecule has 30 heavy (non-hydrogen) atoms. The molecule has 0 fully saturated rings. The Hall–Kier alpha value is -2.82. The molecule has 1 heterocycles. The topological polar surface area (TPSA) is 107 Å². The Labute approximate surface area is 182 Å². The molecule has 0 aliphatic rings. The molecule has 158 valence electrons. The van der Waals surface area contributed by atoms with Gasteiger partial charge in [0.15, 0.2) is 16.6 Å². The fourth-order valence-corrected chi connectivity index (χ4v) is 4.76. The van der Waals surface area contributed by atoms with Gasteiger partial charge in [-0.3, -0.25) is 9.52 Å². The smallest absolute Gasteiger partial charge is 0.267 e. The number of ether oxygens (including phenoxy) is 2. The van der Waals surface area contributed by atoms with Crippen LogP contribution in [0.2, 0.25) is 5.02 Å². The van der Waals surface area contributed by atoms with Crippen molar-refractivity contribution in [1.29, 1.82) is 0 Å². The fourth-order valence-electron chi connectivity index (χ4n) is 2.54. The summed E-state index contributed by atoms with van der Waals surface area (Å²) in [5, 5.41) is 3.25. The zero-order valence-corrected chi connectivity index (χ0v) is 18.6. The number of carbonyl (C=O) groups excluding carboxylic acids is 1. The highest BCUT2D eigenvalue weighted by molar-refractivity contribution is 7.93. The largest absolute Gasteiger partial charge is 0.493 e. The third-order valence-electron chi connectivity index (χ3n) is 3.99. The van der Waals surface area contributed by atoms with Crippen molar-refractivity contribution in [1.82, 2.24) is 4.98 Å². The molecule has 0 spiro atoms. The number of hydrogen-bond acceptors (Lipinski definition) is 7. The van der Waals surface area contributed by atoms with Gasteiger partial charge in [0.25, 0.3) is 15.9 Å². The number of carbonyl (C=O) groups is 1. The Morgan fingerprint density at radius 1 is 1.07 bits per heavy atom. The summed E-state index contributed by atoms with van der Waals surface area (Å²) in [4.78, 5) is 17.1. The number of hydrogen-bond donors (Lipinski definition) is 2. The summed E-state index contributed by atoms with van der Waals surface area (Å²) in [6, 6.07) is 10.7. The molecule has 0 aliphatic carbocycles. The molecule has 3 aromatic rings. The van der Waals surface area contributed by atoms with Gasteiger partial charge in [-0.1, -0.05) is 22.9 Å². The number of rotatable bonds is 7. The minimum Gasteiger partial charge on any atom is -0.493 e. The molecule has 0 atom stereocenters. The Bertz CT molecular complexity index is 1180. The summed E-state index contributed by atoms with van der Waals surface area (Å²) < 4.78 is 37.8. The van der Waals surface area contributed by atoms with Crippen LogP contribution in [0, 0.1) is 6.92 Å². The summed E-state index contributed by atoms with van der Waals surface area (Å²) >= 11 is 6.73. The van der Waals surface area contributed by atoms with E-state index in [-0.39, 0.29) is 14.9 Å². The normalized spacial score (nSPS) is 11.1. The van der Waals surface area contributed by atoms with Crippen LogP contribution in [0.3, 0.4) is 0 Å². The number of nitrogens with one attached hydrogen (secondary N) is 2. The lowest BCUT2D eigenvalue weighted by Crippen LogP contribution is -2.12. The Morgan fingerprint density at radius 3 is 2.37 bits per heavy atom. The third-order valence-corrected chi connectivity index (χ3v) is 6.80. The quantitative estimate of drug-likeness (QED) is 0.540. The van der Waals surface area contributed by atoms with Crippen molar-refractivity contribution in [3.63, 3.8) is 0 Å². The highest BCUT2D eigenvalue weighted by Crippen LogP contribution is 2.31. The highest BCUT2D eigenvalue weighted by atomic mass is 35.5. The maximum absolute atomic E-state index is 12.7. The average Bonchev–Trinajstić information content (AvgIpc) is 3.07. The number of anilines is 2. The van der Waals surface area contributed by atoms with Crippen molar-refractivity contribution in [2.45, 2.75) is 11.8 Å². The van der Waals surface area contributed by atoms with Crippen LogP contribution in [-0.2, 0) is 10.0 Å². The minimum absolute atomic E-state index is 0.0380. The molecular formula is C19H18ClN3O5S2.